The van der Waals surface area contributed by atoms with Crippen molar-refractivity contribution in [2.45, 2.75) is 87.1 Å². The molecule has 43 heavy (non-hydrogen) atoms. The number of carbonyl (C=O) groups is 2. The molecular weight excluding hydrogens is 568 g/mol. The van der Waals surface area contributed by atoms with Crippen LogP contribution in [-0.2, 0) is 36.1 Å². The van der Waals surface area contributed by atoms with E-state index in [1.165, 1.54) is 36.0 Å². The zero-order valence-corrected chi connectivity index (χ0v) is 25.9. The van der Waals surface area contributed by atoms with E-state index in [4.69, 9.17) is 10.5 Å². The van der Waals surface area contributed by atoms with E-state index in [0.717, 1.165) is 37.0 Å². The minimum Gasteiger partial charge on any atom is -0.480 e. The highest BCUT2D eigenvalue weighted by molar-refractivity contribution is 7.92. The summed E-state index contributed by atoms with van der Waals surface area (Å²) in [6.07, 6.45) is 5.97. The molecule has 0 aliphatic heterocycles. The number of aliphatic carboxylic acids is 1. The van der Waals surface area contributed by atoms with Gasteiger partial charge in [-0.1, -0.05) is 56.2 Å². The van der Waals surface area contributed by atoms with Crippen LogP contribution in [0.4, 0.5) is 10.6 Å². The molecule has 10 nitrogen and oxygen atoms in total. The van der Waals surface area contributed by atoms with E-state index >= 15 is 0 Å². The number of carboxylic acid groups (broad SMARTS) is 1. The van der Waals surface area contributed by atoms with Gasteiger partial charge in [0, 0.05) is 12.6 Å². The molecule has 1 fully saturated rings. The van der Waals surface area contributed by atoms with Gasteiger partial charge in [0.2, 0.25) is 9.84 Å². The molecule has 0 radical (unpaired) electrons. The Balaban J connectivity index is 1.77. The van der Waals surface area contributed by atoms with Crippen LogP contribution >= 0.6 is 0 Å². The monoisotopic (exact) mass is 608 g/mol. The quantitative estimate of drug-likeness (QED) is 0.277. The number of benzene rings is 1. The van der Waals surface area contributed by atoms with Crippen LogP contribution in [0.25, 0.3) is 0 Å². The van der Waals surface area contributed by atoms with Crippen molar-refractivity contribution >= 4 is 27.7 Å². The molecule has 3 N–H and O–H groups in total. The summed E-state index contributed by atoms with van der Waals surface area (Å²) in [6, 6.07) is 16.8. The molecule has 1 atom stereocenters. The largest absolute Gasteiger partial charge is 0.480 e. The average molecular weight is 609 g/mol. The first kappa shape index (κ1) is 32.1. The van der Waals surface area contributed by atoms with E-state index in [2.05, 4.69) is 16.9 Å². The van der Waals surface area contributed by atoms with Crippen LogP contribution in [0.15, 0.2) is 71.9 Å². The fraction of sp³-hybridized carbons (Fsp3) is 0.438. The Labute approximate surface area is 253 Å². The van der Waals surface area contributed by atoms with Crippen LogP contribution in [0.2, 0.25) is 0 Å². The highest BCUT2D eigenvalue weighted by atomic mass is 32.2. The van der Waals surface area contributed by atoms with Crippen LogP contribution in [0.3, 0.4) is 0 Å². The molecule has 2 aromatic heterocycles. The molecule has 0 spiro atoms. The summed E-state index contributed by atoms with van der Waals surface area (Å²) in [5.74, 6) is -1.41. The number of unbranched alkanes of at least 4 members (excludes halogenated alkanes) is 1. The lowest BCUT2D eigenvalue weighted by Crippen LogP contribution is -2.48. The Bertz CT molecular complexity index is 1550. The van der Waals surface area contributed by atoms with Crippen molar-refractivity contribution in [1.29, 1.82) is 0 Å². The molecule has 1 amide bonds. The number of hydrogen-bond acceptors (Lipinski definition) is 8. The number of hydrogen-bond donors (Lipinski definition) is 2. The van der Waals surface area contributed by atoms with E-state index in [-0.39, 0.29) is 28.4 Å². The third kappa shape index (κ3) is 7.22. The highest BCUT2D eigenvalue weighted by Crippen LogP contribution is 2.52. The summed E-state index contributed by atoms with van der Waals surface area (Å²) in [4.78, 5) is 31.9. The minimum atomic E-state index is -4.35. The predicted octanol–water partition coefficient (Wildman–Crippen LogP) is 5.35. The first-order valence-corrected chi connectivity index (χ1v) is 15.9. The fourth-order valence-corrected chi connectivity index (χ4v) is 6.72. The number of amides is 1. The molecule has 3 aromatic rings. The van der Waals surface area contributed by atoms with E-state index in [0.29, 0.717) is 5.56 Å². The summed E-state index contributed by atoms with van der Waals surface area (Å²) >= 11 is 0. The maximum atomic E-state index is 14.2. The lowest BCUT2D eigenvalue weighted by Gasteiger charge is -2.30. The van der Waals surface area contributed by atoms with E-state index in [9.17, 15) is 23.1 Å². The van der Waals surface area contributed by atoms with Gasteiger partial charge in [-0.3, -0.25) is 9.69 Å². The van der Waals surface area contributed by atoms with E-state index < -0.39 is 38.9 Å². The predicted molar refractivity (Wildman–Crippen MR) is 163 cm³/mol. The van der Waals surface area contributed by atoms with Crippen molar-refractivity contribution in [3.05, 3.63) is 83.7 Å². The molecule has 1 aromatic carbocycles. The Kier molecular flexibility index (Phi) is 9.27. The summed E-state index contributed by atoms with van der Waals surface area (Å²) in [6.45, 7) is 6.38. The van der Waals surface area contributed by atoms with Gasteiger partial charge >= 0.3 is 12.1 Å². The van der Waals surface area contributed by atoms with Gasteiger partial charge in [0.15, 0.2) is 9.90 Å². The summed E-state index contributed by atoms with van der Waals surface area (Å²) in [5.41, 5.74) is 8.00. The van der Waals surface area contributed by atoms with Crippen molar-refractivity contribution in [2.75, 3.05) is 11.4 Å². The third-order valence-electron chi connectivity index (χ3n) is 7.64. The molecule has 0 saturated heterocycles. The molecule has 1 aliphatic rings. The Morgan fingerprint density at radius 2 is 1.74 bits per heavy atom. The van der Waals surface area contributed by atoms with E-state index in [1.807, 2.05) is 24.3 Å². The Morgan fingerprint density at radius 3 is 2.30 bits per heavy atom. The first-order chi connectivity index (χ1) is 20.2. The summed E-state index contributed by atoms with van der Waals surface area (Å²) in [5, 5.41) is 9.29. The second-order valence-electron chi connectivity index (χ2n) is 12.2. The van der Waals surface area contributed by atoms with Gasteiger partial charge < -0.3 is 15.6 Å². The second kappa shape index (κ2) is 12.4. The number of nitrogens with zero attached hydrogens (tertiary/aromatic N) is 3. The smallest absolute Gasteiger partial charge is 0.416 e. The number of carboxylic acids is 1. The van der Waals surface area contributed by atoms with Gasteiger partial charge in [0.25, 0.3) is 0 Å². The normalized spacial score (nSPS) is 15.7. The van der Waals surface area contributed by atoms with Gasteiger partial charge in [-0.2, -0.15) is 0 Å². The number of ether oxygens (including phenoxy) is 1. The SMILES string of the molecule is CCCCC1(c2ccc(CC(N)(c3cccc(N(CC(=O)O)C(=O)OC(C)(C)C)n3)S(=O)(=O)c3ccccn3)cc2)CC1. The number of nitrogens with two attached hydrogens (primary N) is 1. The third-order valence-corrected chi connectivity index (χ3v) is 9.74. The zero-order valence-electron chi connectivity index (χ0n) is 25.1. The van der Waals surface area contributed by atoms with Gasteiger partial charge in [0.05, 0.1) is 5.69 Å². The molecular formula is C32H40N4O6S. The van der Waals surface area contributed by atoms with Gasteiger partial charge in [-0.25, -0.2) is 23.2 Å². The van der Waals surface area contributed by atoms with Gasteiger partial charge in [-0.15, -0.1) is 0 Å². The molecule has 11 heteroatoms. The maximum Gasteiger partial charge on any atom is 0.416 e. The molecule has 0 bridgehead atoms. The topological polar surface area (TPSA) is 153 Å². The number of sulfone groups is 1. The highest BCUT2D eigenvalue weighted by Gasteiger charge is 2.46. The van der Waals surface area contributed by atoms with Crippen molar-refractivity contribution in [3.8, 4) is 0 Å². The first-order valence-electron chi connectivity index (χ1n) is 14.4. The molecule has 1 unspecified atom stereocenters. The van der Waals surface area contributed by atoms with Crippen molar-refractivity contribution in [1.82, 2.24) is 9.97 Å². The van der Waals surface area contributed by atoms with Crippen LogP contribution in [0, 0.1) is 0 Å². The van der Waals surface area contributed by atoms with Crippen molar-refractivity contribution < 1.29 is 27.9 Å². The molecule has 2 heterocycles. The summed E-state index contributed by atoms with van der Waals surface area (Å²) in [7, 11) is -4.35. The molecule has 230 valence electrons. The molecule has 1 aliphatic carbocycles. The number of anilines is 1. The zero-order chi connectivity index (χ0) is 31.5. The van der Waals surface area contributed by atoms with Gasteiger partial charge in [-0.05, 0) is 80.8 Å². The van der Waals surface area contributed by atoms with Crippen LogP contribution < -0.4 is 10.6 Å². The number of aromatic nitrogens is 2. The van der Waals surface area contributed by atoms with Crippen molar-refractivity contribution in [2.24, 2.45) is 5.73 Å². The second-order valence-corrected chi connectivity index (χ2v) is 14.3. The van der Waals surface area contributed by atoms with Crippen molar-refractivity contribution in [3.63, 3.8) is 0 Å². The van der Waals surface area contributed by atoms with Gasteiger partial charge in [0.1, 0.15) is 18.0 Å². The Morgan fingerprint density at radius 1 is 1.05 bits per heavy atom. The molecule has 4 rings (SSSR count). The lowest BCUT2D eigenvalue weighted by molar-refractivity contribution is -0.135. The van der Waals surface area contributed by atoms with Crippen LogP contribution in [-0.4, -0.2) is 47.7 Å². The summed E-state index contributed by atoms with van der Waals surface area (Å²) < 4.78 is 33.7. The van der Waals surface area contributed by atoms with E-state index in [1.54, 1.807) is 32.9 Å². The van der Waals surface area contributed by atoms with Crippen LogP contribution in [0.1, 0.15) is 76.6 Å². The minimum absolute atomic E-state index is 0.0692. The fourth-order valence-electron chi connectivity index (χ4n) is 5.14. The number of pyridine rings is 2. The standard InChI is InChI=1S/C32H40N4O6S/c1-5-6-17-31(18-19-31)24-15-13-23(14-16-24)21-32(33,43(40,41)27-12-7-8-20-34-27)25-10-9-11-26(35-25)36(22-28(37)38)29(39)42-30(2,3)4/h7-16,20H,5-6,17-19,21-22,33H2,1-4H3,(H,37,38). The number of rotatable bonds is 12. The van der Waals surface area contributed by atoms with Crippen LogP contribution in [0.5, 0.6) is 0 Å². The molecule has 1 saturated carbocycles. The Hall–Kier alpha value is -3.83. The maximum absolute atomic E-state index is 14.2. The average Bonchev–Trinajstić information content (AvgIpc) is 3.75. The lowest BCUT2D eigenvalue weighted by atomic mass is 9.89. The number of carbonyl (C=O) groups excluding carboxylic acids is 1.